The summed E-state index contributed by atoms with van der Waals surface area (Å²) in [6, 6.07) is 7.43. The number of nitrogens with one attached hydrogen (secondary N) is 2. The summed E-state index contributed by atoms with van der Waals surface area (Å²) in [6.45, 7) is -0.614. The van der Waals surface area contributed by atoms with Gasteiger partial charge in [0.05, 0.1) is 12.1 Å². The number of alkyl halides is 2. The van der Waals surface area contributed by atoms with Crippen molar-refractivity contribution in [3.8, 4) is 0 Å². The third-order valence-corrected chi connectivity index (χ3v) is 3.55. The van der Waals surface area contributed by atoms with Gasteiger partial charge in [-0.15, -0.1) is 0 Å². The van der Waals surface area contributed by atoms with Gasteiger partial charge in [-0.2, -0.15) is 0 Å². The van der Waals surface area contributed by atoms with Crippen molar-refractivity contribution >= 4 is 11.6 Å². The molecule has 1 amide bonds. The van der Waals surface area contributed by atoms with Crippen LogP contribution in [-0.2, 0) is 0 Å². The summed E-state index contributed by atoms with van der Waals surface area (Å²) in [5.41, 5.74) is 1.16. The second kappa shape index (κ2) is 7.22. The molecule has 1 aliphatic carbocycles. The molecule has 1 aromatic carbocycles. The van der Waals surface area contributed by atoms with E-state index in [0.29, 0.717) is 11.6 Å². The molecule has 0 bridgehead atoms. The Hall–Kier alpha value is -1.65. The van der Waals surface area contributed by atoms with E-state index in [1.165, 1.54) is 19.3 Å². The molecular weight excluding hydrogens is 262 g/mol. The molecule has 0 saturated heterocycles. The topological polar surface area (TPSA) is 41.1 Å². The second-order valence-corrected chi connectivity index (χ2v) is 5.13. The van der Waals surface area contributed by atoms with Crippen LogP contribution < -0.4 is 10.6 Å². The number of hydrogen-bond donors (Lipinski definition) is 2. The van der Waals surface area contributed by atoms with E-state index in [9.17, 15) is 13.6 Å². The molecule has 110 valence electrons. The summed E-state index contributed by atoms with van der Waals surface area (Å²) in [7, 11) is 0. The van der Waals surface area contributed by atoms with Crippen LogP contribution in [0.1, 0.15) is 42.5 Å². The first-order valence-electron chi connectivity index (χ1n) is 7.08. The zero-order valence-corrected chi connectivity index (χ0v) is 11.4. The summed E-state index contributed by atoms with van der Waals surface area (Å²) in [6.07, 6.45) is 3.29. The van der Waals surface area contributed by atoms with Crippen LogP contribution in [0.2, 0.25) is 0 Å². The highest BCUT2D eigenvalue weighted by Crippen LogP contribution is 2.23. The van der Waals surface area contributed by atoms with Gasteiger partial charge in [-0.05, 0) is 25.0 Å². The minimum absolute atomic E-state index is 0.368. The highest BCUT2D eigenvalue weighted by atomic mass is 19.3. The van der Waals surface area contributed by atoms with E-state index in [-0.39, 0.29) is 0 Å². The quantitative estimate of drug-likeness (QED) is 0.868. The van der Waals surface area contributed by atoms with Crippen LogP contribution in [0.3, 0.4) is 0 Å². The number of halogens is 2. The molecular formula is C15H20F2N2O. The first-order chi connectivity index (χ1) is 9.66. The molecule has 1 aliphatic rings. The zero-order valence-electron chi connectivity index (χ0n) is 11.4. The molecule has 5 heteroatoms. The Morgan fingerprint density at radius 3 is 2.60 bits per heavy atom. The molecule has 1 fully saturated rings. The molecule has 0 atom stereocenters. The van der Waals surface area contributed by atoms with Crippen molar-refractivity contribution in [2.45, 2.75) is 44.6 Å². The summed E-state index contributed by atoms with van der Waals surface area (Å²) in [5.74, 6) is -0.454. The number of rotatable bonds is 5. The number of para-hydroxylation sites is 1. The van der Waals surface area contributed by atoms with Crippen LogP contribution in [0.5, 0.6) is 0 Å². The maximum atomic E-state index is 12.2. The van der Waals surface area contributed by atoms with Crippen LogP contribution >= 0.6 is 0 Å². The van der Waals surface area contributed by atoms with Gasteiger partial charge in [0.15, 0.2) is 0 Å². The maximum absolute atomic E-state index is 12.2. The summed E-state index contributed by atoms with van der Waals surface area (Å²) >= 11 is 0. The molecule has 1 saturated carbocycles. The normalized spacial score (nSPS) is 16.1. The lowest BCUT2D eigenvalue weighted by Gasteiger charge is -2.25. The standard InChI is InChI=1S/C15H20F2N2O/c16-14(17)10-18-15(20)12-8-4-5-9-13(12)19-11-6-2-1-3-7-11/h4-5,8-9,11,14,19H,1-3,6-7,10H2,(H,18,20). The minimum atomic E-state index is -2.53. The Labute approximate surface area is 117 Å². The molecule has 0 heterocycles. The summed E-state index contributed by atoms with van der Waals surface area (Å²) in [5, 5.41) is 5.62. The fourth-order valence-corrected chi connectivity index (χ4v) is 2.54. The van der Waals surface area contributed by atoms with E-state index in [0.717, 1.165) is 18.5 Å². The van der Waals surface area contributed by atoms with Gasteiger partial charge in [-0.3, -0.25) is 4.79 Å². The average Bonchev–Trinajstić information content (AvgIpc) is 2.46. The Bertz CT molecular complexity index is 445. The SMILES string of the molecule is O=C(NCC(F)F)c1ccccc1NC1CCCCC1. The first kappa shape index (κ1) is 14.8. The van der Waals surface area contributed by atoms with Crippen molar-refractivity contribution in [1.82, 2.24) is 5.32 Å². The van der Waals surface area contributed by atoms with Gasteiger partial charge in [0.25, 0.3) is 12.3 Å². The van der Waals surface area contributed by atoms with Gasteiger partial charge in [-0.25, -0.2) is 8.78 Å². The lowest BCUT2D eigenvalue weighted by atomic mass is 9.95. The van der Waals surface area contributed by atoms with E-state index >= 15 is 0 Å². The van der Waals surface area contributed by atoms with Gasteiger partial charge < -0.3 is 10.6 Å². The van der Waals surface area contributed by atoms with Gasteiger partial charge >= 0.3 is 0 Å². The Morgan fingerprint density at radius 2 is 1.90 bits per heavy atom. The van der Waals surface area contributed by atoms with E-state index in [1.807, 2.05) is 12.1 Å². The third-order valence-electron chi connectivity index (χ3n) is 3.55. The summed E-state index contributed by atoms with van der Waals surface area (Å²) in [4.78, 5) is 11.9. The van der Waals surface area contributed by atoms with Crippen LogP contribution in [-0.4, -0.2) is 24.9 Å². The van der Waals surface area contributed by atoms with Gasteiger partial charge in [0.2, 0.25) is 0 Å². The molecule has 0 aliphatic heterocycles. The minimum Gasteiger partial charge on any atom is -0.382 e. The Morgan fingerprint density at radius 1 is 1.20 bits per heavy atom. The number of carbonyl (C=O) groups is 1. The molecule has 2 rings (SSSR count). The summed E-state index contributed by atoms with van der Waals surface area (Å²) < 4.78 is 24.3. The van der Waals surface area contributed by atoms with Crippen molar-refractivity contribution in [3.63, 3.8) is 0 Å². The van der Waals surface area contributed by atoms with Crippen LogP contribution in [0.25, 0.3) is 0 Å². The van der Waals surface area contributed by atoms with Gasteiger partial charge in [0.1, 0.15) is 0 Å². The lowest BCUT2D eigenvalue weighted by Crippen LogP contribution is -2.30. The highest BCUT2D eigenvalue weighted by Gasteiger charge is 2.17. The third kappa shape index (κ3) is 4.18. The monoisotopic (exact) mass is 282 g/mol. The Balaban J connectivity index is 2.03. The first-order valence-corrected chi connectivity index (χ1v) is 7.08. The number of benzene rings is 1. The number of carbonyl (C=O) groups excluding carboxylic acids is 1. The highest BCUT2D eigenvalue weighted by molar-refractivity contribution is 5.99. The molecule has 20 heavy (non-hydrogen) atoms. The maximum Gasteiger partial charge on any atom is 0.255 e. The van der Waals surface area contributed by atoms with Crippen molar-refractivity contribution < 1.29 is 13.6 Å². The van der Waals surface area contributed by atoms with Crippen molar-refractivity contribution in [1.29, 1.82) is 0 Å². The van der Waals surface area contributed by atoms with Gasteiger partial charge in [0, 0.05) is 11.7 Å². The van der Waals surface area contributed by atoms with E-state index in [2.05, 4.69) is 10.6 Å². The molecule has 1 aromatic rings. The fraction of sp³-hybridized carbons (Fsp3) is 0.533. The molecule has 0 unspecified atom stereocenters. The van der Waals surface area contributed by atoms with Crippen molar-refractivity contribution in [3.05, 3.63) is 29.8 Å². The Kier molecular flexibility index (Phi) is 5.32. The largest absolute Gasteiger partial charge is 0.382 e. The second-order valence-electron chi connectivity index (χ2n) is 5.13. The molecule has 0 spiro atoms. The zero-order chi connectivity index (χ0) is 14.4. The van der Waals surface area contributed by atoms with Crippen LogP contribution in [0.4, 0.5) is 14.5 Å². The lowest BCUT2D eigenvalue weighted by molar-refractivity contribution is 0.0892. The van der Waals surface area contributed by atoms with Crippen LogP contribution in [0.15, 0.2) is 24.3 Å². The van der Waals surface area contributed by atoms with E-state index in [1.54, 1.807) is 12.1 Å². The smallest absolute Gasteiger partial charge is 0.255 e. The van der Waals surface area contributed by atoms with Crippen molar-refractivity contribution in [2.75, 3.05) is 11.9 Å². The van der Waals surface area contributed by atoms with E-state index < -0.39 is 18.9 Å². The molecule has 3 nitrogen and oxygen atoms in total. The molecule has 0 radical (unpaired) electrons. The van der Waals surface area contributed by atoms with Crippen LogP contribution in [0, 0.1) is 0 Å². The predicted octanol–water partition coefficient (Wildman–Crippen LogP) is 3.43. The van der Waals surface area contributed by atoms with Crippen molar-refractivity contribution in [2.24, 2.45) is 0 Å². The van der Waals surface area contributed by atoms with E-state index in [4.69, 9.17) is 0 Å². The predicted molar refractivity (Wildman–Crippen MR) is 75.3 cm³/mol. The average molecular weight is 282 g/mol. The number of anilines is 1. The fourth-order valence-electron chi connectivity index (χ4n) is 2.54. The molecule has 0 aromatic heterocycles. The number of amides is 1. The molecule has 2 N–H and O–H groups in total. The van der Waals surface area contributed by atoms with Gasteiger partial charge in [-0.1, -0.05) is 31.4 Å². The number of hydrogen-bond acceptors (Lipinski definition) is 2.